The van der Waals surface area contributed by atoms with Gasteiger partial charge in [-0.3, -0.25) is 9.59 Å². The molecule has 2 N–H and O–H groups in total. The van der Waals surface area contributed by atoms with Gasteiger partial charge in [-0.05, 0) is 55.7 Å². The molecule has 2 amide bonds. The Balaban J connectivity index is 1.25. The zero-order chi connectivity index (χ0) is 23.7. The molecular weight excluding hydrogens is 444 g/mol. The van der Waals surface area contributed by atoms with Gasteiger partial charge in [0.25, 0.3) is 5.91 Å². The Morgan fingerprint density at radius 1 is 1.00 bits per heavy atom. The predicted molar refractivity (Wildman–Crippen MR) is 118 cm³/mol. The average molecular weight is 463 g/mol. The van der Waals surface area contributed by atoms with E-state index in [2.05, 4.69) is 25.8 Å². The summed E-state index contributed by atoms with van der Waals surface area (Å²) in [7, 11) is 0. The third kappa shape index (κ3) is 4.15. The van der Waals surface area contributed by atoms with Crippen LogP contribution in [0.1, 0.15) is 28.2 Å². The molecule has 0 radical (unpaired) electrons. The van der Waals surface area contributed by atoms with Crippen LogP contribution in [0.15, 0.2) is 55.1 Å². The van der Waals surface area contributed by atoms with Crippen LogP contribution in [0.4, 0.5) is 14.5 Å². The van der Waals surface area contributed by atoms with Crippen molar-refractivity contribution in [3.63, 3.8) is 0 Å². The normalized spacial score (nSPS) is 12.4. The first-order valence-electron chi connectivity index (χ1n) is 10.6. The maximum absolute atomic E-state index is 13.7. The molecule has 11 heteroatoms. The van der Waals surface area contributed by atoms with Crippen LogP contribution >= 0.6 is 0 Å². The Bertz CT molecular complexity index is 1360. The Kier molecular flexibility index (Phi) is 5.58. The van der Waals surface area contributed by atoms with Crippen LogP contribution in [0.3, 0.4) is 0 Å². The van der Waals surface area contributed by atoms with E-state index in [1.165, 1.54) is 17.1 Å². The Hall–Kier alpha value is -4.41. The van der Waals surface area contributed by atoms with Crippen LogP contribution in [0, 0.1) is 11.6 Å². The molecule has 0 unspecified atom stereocenters. The standard InChI is InChI=1S/C23H19F2N7O2/c24-18-9-8-16(10-19(18)25)32-20-3-1-2-17(20)22(30-32)23(34)27-11-21(33)29-14-4-6-15(7-5-14)31-13-26-12-28-31/h4-10,12-13H,1-3,11H2,(H,27,34)(H,29,33). The highest BCUT2D eigenvalue weighted by atomic mass is 19.2. The first-order valence-corrected chi connectivity index (χ1v) is 10.6. The van der Waals surface area contributed by atoms with Crippen LogP contribution in [0.5, 0.6) is 0 Å². The first kappa shape index (κ1) is 21.4. The van der Waals surface area contributed by atoms with Crippen molar-refractivity contribution in [3.8, 4) is 11.4 Å². The van der Waals surface area contributed by atoms with E-state index in [1.54, 1.807) is 35.3 Å². The monoisotopic (exact) mass is 463 g/mol. The summed E-state index contributed by atoms with van der Waals surface area (Å²) < 4.78 is 30.1. The summed E-state index contributed by atoms with van der Waals surface area (Å²) in [6.45, 7) is -0.254. The Labute approximate surface area is 192 Å². The van der Waals surface area contributed by atoms with Gasteiger partial charge in [0.15, 0.2) is 17.3 Å². The number of hydrogen-bond donors (Lipinski definition) is 2. The van der Waals surface area contributed by atoms with E-state index >= 15 is 0 Å². The molecule has 2 heterocycles. The molecule has 1 aliphatic carbocycles. The lowest BCUT2D eigenvalue weighted by Gasteiger charge is -2.08. The summed E-state index contributed by atoms with van der Waals surface area (Å²) in [4.78, 5) is 29.0. The molecular formula is C23H19F2N7O2. The number of amides is 2. The molecule has 4 aromatic rings. The summed E-state index contributed by atoms with van der Waals surface area (Å²) in [5.74, 6) is -2.85. The number of aromatic nitrogens is 5. The molecule has 0 saturated carbocycles. The first-order chi connectivity index (χ1) is 16.5. The second kappa shape index (κ2) is 8.85. The number of nitrogens with zero attached hydrogens (tertiary/aromatic N) is 5. The summed E-state index contributed by atoms with van der Waals surface area (Å²) in [5, 5.41) is 13.7. The third-order valence-electron chi connectivity index (χ3n) is 5.54. The quantitative estimate of drug-likeness (QED) is 0.457. The van der Waals surface area contributed by atoms with Gasteiger partial charge in [-0.15, -0.1) is 0 Å². The van der Waals surface area contributed by atoms with E-state index in [1.807, 2.05) is 0 Å². The van der Waals surface area contributed by atoms with Crippen molar-refractivity contribution >= 4 is 17.5 Å². The number of carbonyl (C=O) groups excluding carboxylic acids is 2. The van der Waals surface area contributed by atoms with E-state index in [0.29, 0.717) is 24.2 Å². The van der Waals surface area contributed by atoms with Gasteiger partial charge < -0.3 is 10.6 Å². The number of nitrogens with one attached hydrogen (secondary N) is 2. The topological polar surface area (TPSA) is 107 Å². The van der Waals surface area contributed by atoms with Crippen LogP contribution in [0.2, 0.25) is 0 Å². The van der Waals surface area contributed by atoms with E-state index < -0.39 is 23.4 Å². The molecule has 0 bridgehead atoms. The van der Waals surface area contributed by atoms with E-state index in [-0.39, 0.29) is 12.2 Å². The minimum Gasteiger partial charge on any atom is -0.342 e. The molecule has 0 saturated heterocycles. The van der Waals surface area contributed by atoms with Gasteiger partial charge in [0.2, 0.25) is 5.91 Å². The second-order valence-corrected chi connectivity index (χ2v) is 7.76. The molecule has 34 heavy (non-hydrogen) atoms. The number of carbonyl (C=O) groups is 2. The number of fused-ring (bicyclic) bond motifs is 1. The molecule has 0 spiro atoms. The molecule has 0 aliphatic heterocycles. The van der Waals surface area contributed by atoms with E-state index in [9.17, 15) is 18.4 Å². The van der Waals surface area contributed by atoms with Crippen LogP contribution in [0.25, 0.3) is 11.4 Å². The van der Waals surface area contributed by atoms with E-state index in [0.717, 1.165) is 35.5 Å². The van der Waals surface area contributed by atoms with Crippen molar-refractivity contribution in [3.05, 3.63) is 83.7 Å². The summed E-state index contributed by atoms with van der Waals surface area (Å²) in [6.07, 6.45) is 5.12. The summed E-state index contributed by atoms with van der Waals surface area (Å²) in [6, 6.07) is 10.5. The van der Waals surface area contributed by atoms with Gasteiger partial charge >= 0.3 is 0 Å². The number of anilines is 1. The highest BCUT2D eigenvalue weighted by molar-refractivity contribution is 5.99. The molecule has 2 aromatic carbocycles. The minimum absolute atomic E-state index is 0.183. The maximum Gasteiger partial charge on any atom is 0.272 e. The average Bonchev–Trinajstić information content (AvgIpc) is 3.58. The molecule has 5 rings (SSSR count). The van der Waals surface area contributed by atoms with Crippen molar-refractivity contribution in [2.24, 2.45) is 0 Å². The fraction of sp³-hybridized carbons (Fsp3) is 0.174. The van der Waals surface area contributed by atoms with Crippen LogP contribution in [-0.4, -0.2) is 42.9 Å². The molecule has 0 atom stereocenters. The molecule has 172 valence electrons. The number of benzene rings is 2. The lowest BCUT2D eigenvalue weighted by Crippen LogP contribution is -2.33. The molecule has 9 nitrogen and oxygen atoms in total. The van der Waals surface area contributed by atoms with Crippen molar-refractivity contribution in [2.45, 2.75) is 19.3 Å². The molecule has 2 aromatic heterocycles. The second-order valence-electron chi connectivity index (χ2n) is 7.76. The Morgan fingerprint density at radius 2 is 1.79 bits per heavy atom. The van der Waals surface area contributed by atoms with Crippen molar-refractivity contribution in [2.75, 3.05) is 11.9 Å². The van der Waals surface area contributed by atoms with Gasteiger partial charge in [-0.1, -0.05) is 0 Å². The minimum atomic E-state index is -0.989. The maximum atomic E-state index is 13.7. The van der Waals surface area contributed by atoms with Crippen molar-refractivity contribution in [1.29, 1.82) is 0 Å². The van der Waals surface area contributed by atoms with Crippen molar-refractivity contribution in [1.82, 2.24) is 29.9 Å². The highest BCUT2D eigenvalue weighted by Crippen LogP contribution is 2.28. The van der Waals surface area contributed by atoms with Gasteiger partial charge in [0.05, 0.1) is 17.9 Å². The summed E-state index contributed by atoms with van der Waals surface area (Å²) in [5.41, 5.74) is 3.41. The zero-order valence-corrected chi connectivity index (χ0v) is 17.8. The number of halogens is 2. The fourth-order valence-corrected chi connectivity index (χ4v) is 3.94. The van der Waals surface area contributed by atoms with Gasteiger partial charge in [0.1, 0.15) is 12.7 Å². The largest absolute Gasteiger partial charge is 0.342 e. The van der Waals surface area contributed by atoms with Crippen LogP contribution in [-0.2, 0) is 17.6 Å². The van der Waals surface area contributed by atoms with Crippen molar-refractivity contribution < 1.29 is 18.4 Å². The van der Waals surface area contributed by atoms with Gasteiger partial charge in [-0.25, -0.2) is 23.1 Å². The van der Waals surface area contributed by atoms with Gasteiger partial charge in [0, 0.05) is 23.0 Å². The smallest absolute Gasteiger partial charge is 0.272 e. The predicted octanol–water partition coefficient (Wildman–Crippen LogP) is 2.59. The van der Waals surface area contributed by atoms with E-state index in [4.69, 9.17) is 0 Å². The summed E-state index contributed by atoms with van der Waals surface area (Å²) >= 11 is 0. The Morgan fingerprint density at radius 3 is 2.53 bits per heavy atom. The third-order valence-corrected chi connectivity index (χ3v) is 5.54. The molecule has 0 fully saturated rings. The lowest BCUT2D eigenvalue weighted by molar-refractivity contribution is -0.115. The zero-order valence-electron chi connectivity index (χ0n) is 17.8. The number of rotatable bonds is 6. The highest BCUT2D eigenvalue weighted by Gasteiger charge is 2.27. The lowest BCUT2D eigenvalue weighted by atomic mass is 10.2. The SMILES string of the molecule is O=C(CNC(=O)c1nn(-c2ccc(F)c(F)c2)c2c1CCC2)Nc1ccc(-n2cncn2)cc1. The fourth-order valence-electron chi connectivity index (χ4n) is 3.94. The molecule has 1 aliphatic rings. The van der Waals surface area contributed by atoms with Crippen LogP contribution < -0.4 is 10.6 Å². The number of hydrogen-bond acceptors (Lipinski definition) is 5. The van der Waals surface area contributed by atoms with Gasteiger partial charge in [-0.2, -0.15) is 10.2 Å².